The minimum atomic E-state index is -1.05. The van der Waals surface area contributed by atoms with Crippen LogP contribution in [-0.4, -0.2) is 51.4 Å². The minimum absolute atomic E-state index is 0.108. The summed E-state index contributed by atoms with van der Waals surface area (Å²) in [6, 6.07) is 15.7. The Bertz CT molecular complexity index is 1310. The summed E-state index contributed by atoms with van der Waals surface area (Å²) in [6.07, 6.45) is 7.86. The lowest BCUT2D eigenvalue weighted by atomic mass is 9.81. The summed E-state index contributed by atoms with van der Waals surface area (Å²) in [7, 11) is 0. The predicted molar refractivity (Wildman–Crippen MR) is 143 cm³/mol. The van der Waals surface area contributed by atoms with E-state index in [1.807, 2.05) is 42.5 Å². The molecule has 1 aromatic heterocycles. The van der Waals surface area contributed by atoms with Crippen LogP contribution in [0.2, 0.25) is 0 Å². The third-order valence-electron chi connectivity index (χ3n) is 7.52. The van der Waals surface area contributed by atoms with Gasteiger partial charge in [0.15, 0.2) is 0 Å². The van der Waals surface area contributed by atoms with Gasteiger partial charge in [-0.25, -0.2) is 4.79 Å². The van der Waals surface area contributed by atoms with Gasteiger partial charge in [-0.2, -0.15) is 0 Å². The van der Waals surface area contributed by atoms with Gasteiger partial charge in [-0.15, -0.1) is 0 Å². The SMILES string of the molecule is CC1(C)CN(C(=O)c2cccc(CN3CCCCCCC3)c2)C=C(C(=O)O)c2[nH]c3ccccc3c21. The molecule has 1 fully saturated rings. The monoisotopic (exact) mass is 485 g/mol. The van der Waals surface area contributed by atoms with Gasteiger partial charge in [-0.3, -0.25) is 9.69 Å². The number of carbonyl (C=O) groups excluding carboxylic acids is 1. The number of aliphatic carboxylic acids is 1. The fourth-order valence-electron chi connectivity index (χ4n) is 5.81. The molecular formula is C30H35N3O3. The van der Waals surface area contributed by atoms with Crippen molar-refractivity contribution >= 4 is 28.4 Å². The second-order valence-electron chi connectivity index (χ2n) is 10.8. The standard InChI is InChI=1S/C30H35N3O3/c1-30(2)20-33(19-24(29(35)36)27-26(30)23-13-6-7-14-25(23)31-27)28(34)22-12-10-11-21(17-22)18-32-15-8-4-3-5-9-16-32/h6-7,10-14,17,19,31H,3-5,8-9,15-16,18,20H2,1-2H3,(H,35,36). The minimum Gasteiger partial charge on any atom is -0.478 e. The molecule has 1 amide bonds. The van der Waals surface area contributed by atoms with Gasteiger partial charge in [0.1, 0.15) is 0 Å². The summed E-state index contributed by atoms with van der Waals surface area (Å²) >= 11 is 0. The topological polar surface area (TPSA) is 76.6 Å². The zero-order valence-electron chi connectivity index (χ0n) is 21.2. The number of aromatic nitrogens is 1. The molecule has 2 aromatic carbocycles. The number of carboxylic acid groups (broad SMARTS) is 1. The third-order valence-corrected chi connectivity index (χ3v) is 7.52. The average molecular weight is 486 g/mol. The normalized spacial score (nSPS) is 18.6. The number of carboxylic acids is 1. The lowest BCUT2D eigenvalue weighted by Gasteiger charge is -2.30. The smallest absolute Gasteiger partial charge is 0.339 e. The van der Waals surface area contributed by atoms with Crippen molar-refractivity contribution in [2.24, 2.45) is 0 Å². The molecule has 3 aromatic rings. The van der Waals surface area contributed by atoms with E-state index in [0.717, 1.165) is 41.7 Å². The van der Waals surface area contributed by atoms with Crippen LogP contribution in [0.5, 0.6) is 0 Å². The first kappa shape index (κ1) is 24.3. The molecule has 3 heterocycles. The van der Waals surface area contributed by atoms with Crippen LogP contribution in [0, 0.1) is 0 Å². The Morgan fingerprint density at radius 2 is 1.69 bits per heavy atom. The van der Waals surface area contributed by atoms with Crippen molar-refractivity contribution in [2.75, 3.05) is 19.6 Å². The first-order chi connectivity index (χ1) is 17.3. The Balaban J connectivity index is 1.46. The summed E-state index contributed by atoms with van der Waals surface area (Å²) in [6.45, 7) is 7.55. The summed E-state index contributed by atoms with van der Waals surface area (Å²) in [5.41, 5.74) is 3.78. The molecule has 0 spiro atoms. The number of likely N-dealkylation sites (tertiary alicyclic amines) is 1. The summed E-state index contributed by atoms with van der Waals surface area (Å²) in [5.74, 6) is -1.23. The molecule has 0 saturated carbocycles. The van der Waals surface area contributed by atoms with Crippen LogP contribution in [0.3, 0.4) is 0 Å². The maximum absolute atomic E-state index is 13.8. The van der Waals surface area contributed by atoms with Crippen LogP contribution >= 0.6 is 0 Å². The lowest BCUT2D eigenvalue weighted by Crippen LogP contribution is -2.37. The lowest BCUT2D eigenvalue weighted by molar-refractivity contribution is -0.130. The van der Waals surface area contributed by atoms with Gasteiger partial charge in [-0.05, 0) is 55.3 Å². The summed E-state index contributed by atoms with van der Waals surface area (Å²) in [4.78, 5) is 33.5. The number of fused-ring (bicyclic) bond motifs is 3. The number of nitrogens with zero attached hydrogens (tertiary/aromatic N) is 2. The van der Waals surface area contributed by atoms with Crippen LogP contribution in [0.4, 0.5) is 0 Å². The molecule has 6 heteroatoms. The van der Waals surface area contributed by atoms with Crippen LogP contribution in [0.15, 0.2) is 54.7 Å². The Morgan fingerprint density at radius 1 is 0.972 bits per heavy atom. The second kappa shape index (κ2) is 9.94. The Hall–Kier alpha value is -3.38. The molecule has 6 nitrogen and oxygen atoms in total. The number of aromatic amines is 1. The number of para-hydroxylation sites is 1. The zero-order chi connectivity index (χ0) is 25.3. The van der Waals surface area contributed by atoms with E-state index in [0.29, 0.717) is 17.8 Å². The third kappa shape index (κ3) is 4.82. The molecule has 36 heavy (non-hydrogen) atoms. The Morgan fingerprint density at radius 3 is 2.44 bits per heavy atom. The zero-order valence-corrected chi connectivity index (χ0v) is 21.2. The molecule has 5 rings (SSSR count). The molecule has 2 aliphatic heterocycles. The Kier molecular flexibility index (Phi) is 6.71. The van der Waals surface area contributed by atoms with E-state index in [4.69, 9.17) is 0 Å². The van der Waals surface area contributed by atoms with Gasteiger partial charge in [0.05, 0.1) is 11.3 Å². The maximum Gasteiger partial charge on any atom is 0.339 e. The van der Waals surface area contributed by atoms with E-state index in [1.54, 1.807) is 4.90 Å². The highest BCUT2D eigenvalue weighted by molar-refractivity contribution is 6.17. The molecule has 2 N–H and O–H groups in total. The number of H-pyrrole nitrogens is 1. The van der Waals surface area contributed by atoms with Crippen LogP contribution in [-0.2, 0) is 16.8 Å². The molecular weight excluding hydrogens is 450 g/mol. The van der Waals surface area contributed by atoms with Gasteiger partial charge in [0, 0.05) is 41.2 Å². The molecule has 0 radical (unpaired) electrons. The van der Waals surface area contributed by atoms with Gasteiger partial charge in [-0.1, -0.05) is 63.4 Å². The largest absolute Gasteiger partial charge is 0.478 e. The van der Waals surface area contributed by atoms with E-state index in [-0.39, 0.29) is 11.5 Å². The number of amides is 1. The number of hydrogen-bond acceptors (Lipinski definition) is 3. The fraction of sp³-hybridized carbons (Fsp3) is 0.400. The van der Waals surface area contributed by atoms with E-state index in [2.05, 4.69) is 29.8 Å². The van der Waals surface area contributed by atoms with Crippen molar-refractivity contribution in [1.29, 1.82) is 0 Å². The van der Waals surface area contributed by atoms with Crippen molar-refractivity contribution in [3.63, 3.8) is 0 Å². The van der Waals surface area contributed by atoms with Crippen LogP contribution in [0.1, 0.15) is 73.1 Å². The van der Waals surface area contributed by atoms with Crippen molar-refractivity contribution in [1.82, 2.24) is 14.8 Å². The summed E-state index contributed by atoms with van der Waals surface area (Å²) in [5, 5.41) is 11.1. The van der Waals surface area contributed by atoms with Crippen LogP contribution in [0.25, 0.3) is 16.5 Å². The second-order valence-corrected chi connectivity index (χ2v) is 10.8. The molecule has 0 atom stereocenters. The highest BCUT2D eigenvalue weighted by atomic mass is 16.4. The summed E-state index contributed by atoms with van der Waals surface area (Å²) < 4.78 is 0. The van der Waals surface area contributed by atoms with Crippen molar-refractivity contribution in [3.05, 3.63) is 77.1 Å². The Labute approximate surface area is 212 Å². The molecule has 0 bridgehead atoms. The van der Waals surface area contributed by atoms with Gasteiger partial charge in [0.25, 0.3) is 5.91 Å². The highest BCUT2D eigenvalue weighted by Gasteiger charge is 2.37. The van der Waals surface area contributed by atoms with Crippen molar-refractivity contribution < 1.29 is 14.7 Å². The number of rotatable bonds is 4. The first-order valence-corrected chi connectivity index (χ1v) is 13.0. The van der Waals surface area contributed by atoms with E-state index >= 15 is 0 Å². The molecule has 2 aliphatic rings. The highest BCUT2D eigenvalue weighted by Crippen LogP contribution is 2.40. The molecule has 1 saturated heterocycles. The van der Waals surface area contributed by atoms with E-state index < -0.39 is 11.4 Å². The number of benzene rings is 2. The average Bonchev–Trinajstić information content (AvgIpc) is 3.17. The number of hydrogen-bond donors (Lipinski definition) is 2. The van der Waals surface area contributed by atoms with Crippen LogP contribution < -0.4 is 0 Å². The van der Waals surface area contributed by atoms with Crippen molar-refractivity contribution in [3.8, 4) is 0 Å². The van der Waals surface area contributed by atoms with Crippen molar-refractivity contribution in [2.45, 2.75) is 57.9 Å². The van der Waals surface area contributed by atoms with Gasteiger partial charge < -0.3 is 15.0 Å². The van der Waals surface area contributed by atoms with Gasteiger partial charge in [0.2, 0.25) is 0 Å². The first-order valence-electron chi connectivity index (χ1n) is 13.0. The van der Waals surface area contributed by atoms with E-state index in [9.17, 15) is 14.7 Å². The predicted octanol–water partition coefficient (Wildman–Crippen LogP) is 5.79. The number of nitrogens with one attached hydrogen (secondary N) is 1. The van der Waals surface area contributed by atoms with Gasteiger partial charge >= 0.3 is 5.97 Å². The quantitative estimate of drug-likeness (QED) is 0.490. The fourth-order valence-corrected chi connectivity index (χ4v) is 5.81. The molecule has 0 unspecified atom stereocenters. The molecule has 188 valence electrons. The number of carbonyl (C=O) groups is 2. The van der Waals surface area contributed by atoms with E-state index in [1.165, 1.54) is 38.3 Å². The maximum atomic E-state index is 13.8. The molecule has 0 aliphatic carbocycles.